The molecule has 0 spiro atoms. The number of ether oxygens (including phenoxy) is 1. The van der Waals surface area contributed by atoms with Gasteiger partial charge in [-0.15, -0.1) is 0 Å². The van der Waals surface area contributed by atoms with E-state index in [-0.39, 0.29) is 16.7 Å². The third kappa shape index (κ3) is 9.45. The topological polar surface area (TPSA) is 83.6 Å². The quantitative estimate of drug-likeness (QED) is 0.292. The molecule has 0 bridgehead atoms. The number of carbonyl (C=O) groups is 2. The molecule has 37 heavy (non-hydrogen) atoms. The Hall–Kier alpha value is -2.39. The number of carbonyl (C=O) groups excluding carboxylic acids is 2. The number of anilines is 2. The molecule has 1 aliphatic rings. The van der Waals surface area contributed by atoms with Crippen molar-refractivity contribution in [2.24, 2.45) is 5.92 Å². The number of piperidine rings is 1. The fourth-order valence-corrected chi connectivity index (χ4v) is 4.75. The lowest BCUT2D eigenvalue weighted by Gasteiger charge is -2.34. The molecule has 2 N–H and O–H groups in total. The van der Waals surface area contributed by atoms with Gasteiger partial charge in [0.25, 0.3) is 5.91 Å². The first-order chi connectivity index (χ1) is 17.5. The van der Waals surface area contributed by atoms with Crippen LogP contribution in [0.15, 0.2) is 34.8 Å². The molecule has 1 aliphatic heterocycles. The summed E-state index contributed by atoms with van der Waals surface area (Å²) >= 11 is 9.24. The van der Waals surface area contributed by atoms with E-state index < -0.39 is 17.3 Å². The van der Waals surface area contributed by atoms with Crippen LogP contribution in [-0.4, -0.2) is 47.1 Å². The van der Waals surface area contributed by atoms with Gasteiger partial charge in [0, 0.05) is 24.7 Å². The molecule has 2 aromatic rings. The van der Waals surface area contributed by atoms with Gasteiger partial charge in [-0.2, -0.15) is 0 Å². The number of benzene rings is 1. The number of halogens is 3. The molecule has 1 saturated heterocycles. The summed E-state index contributed by atoms with van der Waals surface area (Å²) in [7, 11) is 0. The maximum atomic E-state index is 14.0. The molecule has 10 heteroatoms. The number of rotatable bonds is 9. The van der Waals surface area contributed by atoms with Crippen LogP contribution in [0.25, 0.3) is 0 Å². The van der Waals surface area contributed by atoms with E-state index in [1.807, 2.05) is 25.7 Å². The highest BCUT2D eigenvalue weighted by Crippen LogP contribution is 2.25. The van der Waals surface area contributed by atoms with Crippen molar-refractivity contribution in [2.45, 2.75) is 64.9 Å². The van der Waals surface area contributed by atoms with Gasteiger partial charge in [0.2, 0.25) is 0 Å². The first kappa shape index (κ1) is 29.2. The monoisotopic (exact) mass is 596 g/mol. The molecule has 7 nitrogen and oxygen atoms in total. The maximum absolute atomic E-state index is 14.0. The average molecular weight is 598 g/mol. The summed E-state index contributed by atoms with van der Waals surface area (Å²) in [6, 6.07) is 7.33. The van der Waals surface area contributed by atoms with Crippen LogP contribution in [0, 0.1) is 11.7 Å². The van der Waals surface area contributed by atoms with Gasteiger partial charge in [-0.1, -0.05) is 24.4 Å². The Morgan fingerprint density at radius 2 is 2.00 bits per heavy atom. The van der Waals surface area contributed by atoms with E-state index in [4.69, 9.17) is 16.3 Å². The Morgan fingerprint density at radius 3 is 2.73 bits per heavy atom. The SMILES string of the molecule is CC(C)(C)OC(=O)N1CCCC(CCCCCNc2nc(NC(=O)c3ccc(Cl)cc3F)ccc2Br)C1. The Morgan fingerprint density at radius 1 is 1.22 bits per heavy atom. The summed E-state index contributed by atoms with van der Waals surface area (Å²) in [4.78, 5) is 31.1. The van der Waals surface area contributed by atoms with E-state index >= 15 is 0 Å². The van der Waals surface area contributed by atoms with Crippen molar-refractivity contribution in [3.8, 4) is 0 Å². The van der Waals surface area contributed by atoms with E-state index in [0.29, 0.717) is 17.6 Å². The Labute approximate surface area is 231 Å². The molecule has 1 atom stereocenters. The molecule has 2 amide bonds. The number of unbranched alkanes of at least 4 members (excludes halogenated alkanes) is 2. The molecule has 1 unspecified atom stereocenters. The zero-order chi connectivity index (χ0) is 27.0. The van der Waals surface area contributed by atoms with Gasteiger partial charge in [-0.25, -0.2) is 14.2 Å². The van der Waals surface area contributed by atoms with E-state index in [1.54, 1.807) is 12.1 Å². The molecule has 1 fully saturated rings. The zero-order valence-corrected chi connectivity index (χ0v) is 23.9. The predicted molar refractivity (Wildman–Crippen MR) is 149 cm³/mol. The number of pyridine rings is 1. The van der Waals surface area contributed by atoms with Gasteiger partial charge in [0.1, 0.15) is 23.1 Å². The lowest BCUT2D eigenvalue weighted by molar-refractivity contribution is 0.0160. The minimum Gasteiger partial charge on any atom is -0.444 e. The fraction of sp³-hybridized carbons (Fsp3) is 0.519. The second-order valence-electron chi connectivity index (χ2n) is 10.3. The van der Waals surface area contributed by atoms with Crippen molar-refractivity contribution in [2.75, 3.05) is 30.3 Å². The van der Waals surface area contributed by atoms with Crippen molar-refractivity contribution < 1.29 is 18.7 Å². The van der Waals surface area contributed by atoms with Gasteiger partial charge in [0.15, 0.2) is 0 Å². The van der Waals surface area contributed by atoms with Crippen LogP contribution in [0.5, 0.6) is 0 Å². The van der Waals surface area contributed by atoms with Crippen LogP contribution >= 0.6 is 27.5 Å². The molecule has 2 heterocycles. The summed E-state index contributed by atoms with van der Waals surface area (Å²) in [5.41, 5.74) is -0.573. The van der Waals surface area contributed by atoms with Gasteiger partial charge >= 0.3 is 6.09 Å². The Bertz CT molecular complexity index is 1100. The number of hydrogen-bond acceptors (Lipinski definition) is 5. The minimum atomic E-state index is -0.689. The molecule has 1 aromatic heterocycles. The summed E-state index contributed by atoms with van der Waals surface area (Å²) in [6.45, 7) is 7.94. The van der Waals surface area contributed by atoms with Crippen LogP contribution < -0.4 is 10.6 Å². The lowest BCUT2D eigenvalue weighted by Crippen LogP contribution is -2.42. The summed E-state index contributed by atoms with van der Waals surface area (Å²) < 4.78 is 20.3. The minimum absolute atomic E-state index is 0.101. The molecule has 3 rings (SSSR count). The molecule has 0 radical (unpaired) electrons. The molecule has 202 valence electrons. The summed E-state index contributed by atoms with van der Waals surface area (Å²) in [6.07, 6.45) is 6.14. The van der Waals surface area contributed by atoms with Gasteiger partial charge in [-0.3, -0.25) is 4.79 Å². The largest absolute Gasteiger partial charge is 0.444 e. The second-order valence-corrected chi connectivity index (χ2v) is 11.6. The second kappa shape index (κ2) is 13.4. The number of likely N-dealkylation sites (tertiary alicyclic amines) is 1. The van der Waals surface area contributed by atoms with Crippen LogP contribution in [0.4, 0.5) is 20.8 Å². The number of amides is 2. The maximum Gasteiger partial charge on any atom is 0.410 e. The highest BCUT2D eigenvalue weighted by atomic mass is 79.9. The molecular weight excluding hydrogens is 563 g/mol. The van der Waals surface area contributed by atoms with Gasteiger partial charge in [0.05, 0.1) is 10.0 Å². The van der Waals surface area contributed by atoms with Crippen molar-refractivity contribution in [1.82, 2.24) is 9.88 Å². The number of hydrogen-bond donors (Lipinski definition) is 2. The van der Waals surface area contributed by atoms with Crippen LogP contribution in [-0.2, 0) is 4.74 Å². The Balaban J connectivity index is 1.40. The van der Waals surface area contributed by atoms with Crippen molar-refractivity contribution >= 4 is 51.2 Å². The number of nitrogens with zero attached hydrogens (tertiary/aromatic N) is 2. The zero-order valence-electron chi connectivity index (χ0n) is 21.6. The predicted octanol–water partition coefficient (Wildman–Crippen LogP) is 7.51. The first-order valence-electron chi connectivity index (χ1n) is 12.7. The van der Waals surface area contributed by atoms with Crippen LogP contribution in [0.2, 0.25) is 5.02 Å². The van der Waals surface area contributed by atoms with Gasteiger partial charge in [-0.05, 0) is 98.6 Å². The van der Waals surface area contributed by atoms with E-state index in [2.05, 4.69) is 31.5 Å². The Kier molecular flexibility index (Phi) is 10.6. The summed E-state index contributed by atoms with van der Waals surface area (Å²) in [5, 5.41) is 6.15. The summed E-state index contributed by atoms with van der Waals surface area (Å²) in [5.74, 6) is 0.150. The smallest absolute Gasteiger partial charge is 0.410 e. The molecule has 0 saturated carbocycles. The molecule has 1 aromatic carbocycles. The van der Waals surface area contributed by atoms with Crippen molar-refractivity contribution in [3.63, 3.8) is 0 Å². The van der Waals surface area contributed by atoms with Crippen LogP contribution in [0.1, 0.15) is 69.7 Å². The van der Waals surface area contributed by atoms with E-state index in [1.165, 1.54) is 12.1 Å². The van der Waals surface area contributed by atoms with Crippen LogP contribution in [0.3, 0.4) is 0 Å². The van der Waals surface area contributed by atoms with Gasteiger partial charge < -0.3 is 20.3 Å². The number of aromatic nitrogens is 1. The number of nitrogens with one attached hydrogen (secondary N) is 2. The molecule has 0 aliphatic carbocycles. The lowest BCUT2D eigenvalue weighted by atomic mass is 9.92. The fourth-order valence-electron chi connectivity index (χ4n) is 4.23. The van der Waals surface area contributed by atoms with Crippen molar-refractivity contribution in [1.29, 1.82) is 0 Å². The third-order valence-corrected chi connectivity index (χ3v) is 6.89. The van der Waals surface area contributed by atoms with E-state index in [9.17, 15) is 14.0 Å². The highest BCUT2D eigenvalue weighted by Gasteiger charge is 2.27. The standard InChI is InChI=1S/C27H35BrClFN4O3/c1-27(2,3)37-26(36)34-15-7-9-18(17-34)8-5-4-6-14-31-24-21(28)12-13-23(32-24)33-25(35)20-11-10-19(29)16-22(20)30/h10-13,16,18H,4-9,14-15,17H2,1-3H3,(H2,31,32,33,35). The highest BCUT2D eigenvalue weighted by molar-refractivity contribution is 9.10. The van der Waals surface area contributed by atoms with E-state index in [0.717, 1.165) is 68.7 Å². The first-order valence-corrected chi connectivity index (χ1v) is 13.8. The van der Waals surface area contributed by atoms with Crippen molar-refractivity contribution in [3.05, 3.63) is 51.2 Å². The average Bonchev–Trinajstić information content (AvgIpc) is 2.82. The molecular formula is C27H35BrClFN4O3. The normalized spacial score (nSPS) is 15.8. The third-order valence-electron chi connectivity index (χ3n) is 6.02.